The molecular formula is C14H18F4N2O. The Labute approximate surface area is 120 Å². The summed E-state index contributed by atoms with van der Waals surface area (Å²) in [6.45, 7) is 4.02. The van der Waals surface area contributed by atoms with Crippen molar-refractivity contribution >= 4 is 5.91 Å². The molecule has 0 aliphatic carbocycles. The number of nitrogens with two attached hydrogens (primary N) is 1. The summed E-state index contributed by atoms with van der Waals surface area (Å²) in [5, 5.41) is 2.52. The third kappa shape index (κ3) is 5.34. The SMILES string of the molecule is CC(C)CC(CN)NC(=O)c1cc(F)cc(C(F)(F)F)c1. The summed E-state index contributed by atoms with van der Waals surface area (Å²) in [6, 6.07) is 1.38. The van der Waals surface area contributed by atoms with Crippen LogP contribution in [0.4, 0.5) is 17.6 Å². The largest absolute Gasteiger partial charge is 0.416 e. The third-order valence-corrected chi connectivity index (χ3v) is 2.86. The molecule has 0 radical (unpaired) electrons. The number of carbonyl (C=O) groups is 1. The number of carbonyl (C=O) groups excluding carboxylic acids is 1. The Morgan fingerprint density at radius 3 is 2.38 bits per heavy atom. The van der Waals surface area contributed by atoms with Crippen LogP contribution in [-0.2, 0) is 6.18 Å². The summed E-state index contributed by atoms with van der Waals surface area (Å²) in [6.07, 6.45) is -4.12. The number of nitrogens with one attached hydrogen (secondary N) is 1. The van der Waals surface area contributed by atoms with Crippen LogP contribution in [0.3, 0.4) is 0 Å². The highest BCUT2D eigenvalue weighted by atomic mass is 19.4. The summed E-state index contributed by atoms with van der Waals surface area (Å²) in [4.78, 5) is 11.9. The molecule has 1 atom stereocenters. The van der Waals surface area contributed by atoms with E-state index in [2.05, 4.69) is 5.32 Å². The smallest absolute Gasteiger partial charge is 0.348 e. The molecule has 0 spiro atoms. The zero-order valence-corrected chi connectivity index (χ0v) is 11.8. The number of hydrogen-bond donors (Lipinski definition) is 2. The van der Waals surface area contributed by atoms with Gasteiger partial charge in [0.15, 0.2) is 0 Å². The van der Waals surface area contributed by atoms with Gasteiger partial charge in [0, 0.05) is 18.2 Å². The lowest BCUT2D eigenvalue weighted by Crippen LogP contribution is -2.41. The zero-order valence-electron chi connectivity index (χ0n) is 11.8. The first kappa shape index (κ1) is 17.4. The second-order valence-corrected chi connectivity index (χ2v) is 5.26. The molecular weight excluding hydrogens is 288 g/mol. The molecule has 0 aliphatic heterocycles. The Bertz CT molecular complexity index is 500. The van der Waals surface area contributed by atoms with Crippen molar-refractivity contribution in [1.82, 2.24) is 5.32 Å². The van der Waals surface area contributed by atoms with Crippen LogP contribution in [0.2, 0.25) is 0 Å². The standard InChI is InChI=1S/C14H18F4N2O/c1-8(2)3-12(7-19)20-13(21)9-4-10(14(16,17)18)6-11(15)5-9/h4-6,8,12H,3,7,19H2,1-2H3,(H,20,21). The average molecular weight is 306 g/mol. The number of amides is 1. The molecule has 7 heteroatoms. The maximum Gasteiger partial charge on any atom is 0.416 e. The van der Waals surface area contributed by atoms with E-state index in [0.717, 1.165) is 6.07 Å². The first-order valence-corrected chi connectivity index (χ1v) is 6.52. The van der Waals surface area contributed by atoms with E-state index in [1.54, 1.807) is 0 Å². The maximum atomic E-state index is 13.2. The fourth-order valence-electron chi connectivity index (χ4n) is 1.94. The first-order valence-electron chi connectivity index (χ1n) is 6.52. The Morgan fingerprint density at radius 2 is 1.90 bits per heavy atom. The van der Waals surface area contributed by atoms with E-state index in [4.69, 9.17) is 5.73 Å². The van der Waals surface area contributed by atoms with Gasteiger partial charge in [-0.2, -0.15) is 13.2 Å². The quantitative estimate of drug-likeness (QED) is 0.822. The predicted octanol–water partition coefficient (Wildman–Crippen LogP) is 2.95. The van der Waals surface area contributed by atoms with Gasteiger partial charge in [-0.1, -0.05) is 13.8 Å². The molecule has 0 saturated heterocycles. The van der Waals surface area contributed by atoms with Gasteiger partial charge in [0.05, 0.1) is 5.56 Å². The van der Waals surface area contributed by atoms with Crippen LogP contribution in [0, 0.1) is 11.7 Å². The highest BCUT2D eigenvalue weighted by Gasteiger charge is 2.32. The van der Waals surface area contributed by atoms with Crippen molar-refractivity contribution in [3.8, 4) is 0 Å². The van der Waals surface area contributed by atoms with Crippen LogP contribution >= 0.6 is 0 Å². The summed E-state index contributed by atoms with van der Waals surface area (Å²) in [5.41, 5.74) is 3.94. The molecule has 0 fully saturated rings. The lowest BCUT2D eigenvalue weighted by molar-refractivity contribution is -0.137. The van der Waals surface area contributed by atoms with Crippen molar-refractivity contribution in [1.29, 1.82) is 0 Å². The fourth-order valence-corrected chi connectivity index (χ4v) is 1.94. The molecule has 3 nitrogen and oxygen atoms in total. The Balaban J connectivity index is 2.94. The van der Waals surface area contributed by atoms with Gasteiger partial charge in [-0.3, -0.25) is 4.79 Å². The normalized spacial score (nSPS) is 13.3. The fraction of sp³-hybridized carbons (Fsp3) is 0.500. The van der Waals surface area contributed by atoms with Gasteiger partial charge in [-0.05, 0) is 30.5 Å². The van der Waals surface area contributed by atoms with E-state index >= 15 is 0 Å². The van der Waals surface area contributed by atoms with Gasteiger partial charge in [0.1, 0.15) is 5.82 Å². The molecule has 1 unspecified atom stereocenters. The number of rotatable bonds is 5. The molecule has 1 aromatic carbocycles. The van der Waals surface area contributed by atoms with Crippen molar-refractivity contribution in [2.45, 2.75) is 32.5 Å². The molecule has 0 aliphatic rings. The van der Waals surface area contributed by atoms with Gasteiger partial charge in [0.25, 0.3) is 5.91 Å². The van der Waals surface area contributed by atoms with Gasteiger partial charge in [0.2, 0.25) is 0 Å². The van der Waals surface area contributed by atoms with Gasteiger partial charge in [-0.25, -0.2) is 4.39 Å². The topological polar surface area (TPSA) is 55.1 Å². The minimum absolute atomic E-state index is 0.158. The second kappa shape index (κ2) is 6.89. The molecule has 1 rings (SSSR count). The van der Waals surface area contributed by atoms with E-state index < -0.39 is 23.5 Å². The second-order valence-electron chi connectivity index (χ2n) is 5.26. The van der Waals surface area contributed by atoms with Crippen molar-refractivity contribution in [2.24, 2.45) is 11.7 Å². The predicted molar refractivity (Wildman–Crippen MR) is 71.2 cm³/mol. The van der Waals surface area contributed by atoms with E-state index in [1.807, 2.05) is 13.8 Å². The number of halogens is 4. The van der Waals surface area contributed by atoms with Crippen molar-refractivity contribution in [3.05, 3.63) is 35.1 Å². The summed E-state index contributed by atoms with van der Waals surface area (Å²) < 4.78 is 51.0. The molecule has 1 aromatic rings. The molecule has 3 N–H and O–H groups in total. The number of hydrogen-bond acceptors (Lipinski definition) is 2. The Kier molecular flexibility index (Phi) is 5.71. The Hall–Kier alpha value is -1.63. The molecule has 0 bridgehead atoms. The molecule has 118 valence electrons. The number of benzene rings is 1. The first-order chi connectivity index (χ1) is 9.63. The van der Waals surface area contributed by atoms with Crippen molar-refractivity contribution in [2.75, 3.05) is 6.54 Å². The minimum atomic E-state index is -4.71. The minimum Gasteiger partial charge on any atom is -0.348 e. The van der Waals surface area contributed by atoms with Crippen molar-refractivity contribution in [3.63, 3.8) is 0 Å². The highest BCUT2D eigenvalue weighted by molar-refractivity contribution is 5.94. The van der Waals surface area contributed by atoms with E-state index in [0.29, 0.717) is 18.6 Å². The lowest BCUT2D eigenvalue weighted by Gasteiger charge is -2.19. The molecule has 0 aromatic heterocycles. The van der Waals surface area contributed by atoms with Gasteiger partial charge < -0.3 is 11.1 Å². The van der Waals surface area contributed by atoms with Crippen LogP contribution in [0.1, 0.15) is 36.2 Å². The summed E-state index contributed by atoms with van der Waals surface area (Å²) in [5.74, 6) is -1.61. The molecule has 0 heterocycles. The summed E-state index contributed by atoms with van der Waals surface area (Å²) >= 11 is 0. The van der Waals surface area contributed by atoms with Crippen LogP contribution in [-0.4, -0.2) is 18.5 Å². The van der Waals surface area contributed by atoms with Gasteiger partial charge in [-0.15, -0.1) is 0 Å². The van der Waals surface area contributed by atoms with E-state index in [-0.39, 0.29) is 24.1 Å². The lowest BCUT2D eigenvalue weighted by atomic mass is 10.0. The van der Waals surface area contributed by atoms with Crippen LogP contribution in [0.25, 0.3) is 0 Å². The molecule has 0 saturated carbocycles. The van der Waals surface area contributed by atoms with Crippen molar-refractivity contribution < 1.29 is 22.4 Å². The van der Waals surface area contributed by atoms with E-state index in [9.17, 15) is 22.4 Å². The summed E-state index contributed by atoms with van der Waals surface area (Å²) in [7, 11) is 0. The van der Waals surface area contributed by atoms with Crippen LogP contribution in [0.15, 0.2) is 18.2 Å². The average Bonchev–Trinajstić information content (AvgIpc) is 2.35. The Morgan fingerprint density at radius 1 is 1.29 bits per heavy atom. The maximum absolute atomic E-state index is 13.2. The third-order valence-electron chi connectivity index (χ3n) is 2.86. The zero-order chi connectivity index (χ0) is 16.2. The monoisotopic (exact) mass is 306 g/mol. The highest BCUT2D eigenvalue weighted by Crippen LogP contribution is 2.30. The molecule has 21 heavy (non-hydrogen) atoms. The van der Waals surface area contributed by atoms with Crippen LogP contribution in [0.5, 0.6) is 0 Å². The van der Waals surface area contributed by atoms with Gasteiger partial charge >= 0.3 is 6.18 Å². The van der Waals surface area contributed by atoms with E-state index in [1.165, 1.54) is 0 Å². The number of alkyl halides is 3. The molecule has 1 amide bonds. The van der Waals surface area contributed by atoms with Crippen LogP contribution < -0.4 is 11.1 Å².